The van der Waals surface area contributed by atoms with Crippen molar-refractivity contribution in [3.63, 3.8) is 0 Å². The second kappa shape index (κ2) is 5.99. The molecular formula is C9H12O4. The van der Waals surface area contributed by atoms with Gasteiger partial charge in [0.1, 0.15) is 0 Å². The average Bonchev–Trinajstić information content (AvgIpc) is 2.00. The van der Waals surface area contributed by atoms with E-state index in [1.54, 1.807) is 6.92 Å². The summed E-state index contributed by atoms with van der Waals surface area (Å²) in [6.45, 7) is 8.14. The molecule has 4 heteroatoms. The number of hydrogen-bond donors (Lipinski definition) is 0. The lowest BCUT2D eigenvalue weighted by molar-refractivity contribution is -0.145. The molecule has 0 fully saturated rings. The molecule has 0 N–H and O–H groups in total. The Hall–Kier alpha value is -1.58. The lowest BCUT2D eigenvalue weighted by Gasteiger charge is -2.01. The first-order valence-corrected chi connectivity index (χ1v) is 3.73. The number of allylic oxidation sites excluding steroid dienone is 1. The first-order valence-electron chi connectivity index (χ1n) is 3.73. The Morgan fingerprint density at radius 3 is 2.31 bits per heavy atom. The van der Waals surface area contributed by atoms with Crippen molar-refractivity contribution in [1.82, 2.24) is 0 Å². The first kappa shape index (κ1) is 11.4. The van der Waals surface area contributed by atoms with Crippen LogP contribution in [0.2, 0.25) is 0 Å². The Morgan fingerprint density at radius 1 is 1.31 bits per heavy atom. The largest absolute Gasteiger partial charge is 0.435 e. The van der Waals surface area contributed by atoms with Gasteiger partial charge in [0.25, 0.3) is 0 Å². The van der Waals surface area contributed by atoms with Crippen LogP contribution in [0.4, 0.5) is 0 Å². The van der Waals surface area contributed by atoms with E-state index in [1.807, 2.05) is 0 Å². The fourth-order valence-electron chi connectivity index (χ4n) is 0.601. The van der Waals surface area contributed by atoms with Crippen LogP contribution in [0.1, 0.15) is 19.8 Å². The summed E-state index contributed by atoms with van der Waals surface area (Å²) in [5.41, 5.74) is 0. The molecule has 0 amide bonds. The van der Waals surface area contributed by atoms with Crippen molar-refractivity contribution in [3.8, 4) is 0 Å². The molecule has 0 aromatic rings. The lowest BCUT2D eigenvalue weighted by Crippen LogP contribution is -2.07. The van der Waals surface area contributed by atoms with Crippen LogP contribution in [0, 0.1) is 0 Å². The van der Waals surface area contributed by atoms with Crippen molar-refractivity contribution in [2.45, 2.75) is 19.8 Å². The molecule has 0 aliphatic carbocycles. The van der Waals surface area contributed by atoms with E-state index in [0.717, 1.165) is 6.26 Å². The Kier molecular flexibility index (Phi) is 5.27. The van der Waals surface area contributed by atoms with Crippen LogP contribution in [0.15, 0.2) is 25.2 Å². The molecule has 0 aliphatic heterocycles. The highest BCUT2D eigenvalue weighted by atomic mass is 16.5. The zero-order valence-corrected chi connectivity index (χ0v) is 7.54. The van der Waals surface area contributed by atoms with Crippen LogP contribution < -0.4 is 0 Å². The Bertz CT molecular complexity index is 230. The maximum atomic E-state index is 10.8. The molecule has 0 saturated carbocycles. The van der Waals surface area contributed by atoms with Gasteiger partial charge in [-0.2, -0.15) is 0 Å². The molecule has 0 radical (unpaired) electrons. The molecule has 4 nitrogen and oxygen atoms in total. The van der Waals surface area contributed by atoms with E-state index in [4.69, 9.17) is 0 Å². The number of carbonyl (C=O) groups is 2. The normalized spacial score (nSPS) is 8.69. The van der Waals surface area contributed by atoms with Crippen LogP contribution in [-0.4, -0.2) is 11.9 Å². The van der Waals surface area contributed by atoms with Crippen molar-refractivity contribution in [2.75, 3.05) is 0 Å². The third kappa shape index (κ3) is 6.80. The number of hydrogen-bond acceptors (Lipinski definition) is 4. The highest BCUT2D eigenvalue weighted by Crippen LogP contribution is 1.99. The Morgan fingerprint density at radius 2 is 1.85 bits per heavy atom. The fraction of sp³-hybridized carbons (Fsp3) is 0.333. The van der Waals surface area contributed by atoms with Crippen molar-refractivity contribution >= 4 is 11.9 Å². The van der Waals surface area contributed by atoms with Gasteiger partial charge in [-0.25, -0.2) is 0 Å². The second-order valence-electron chi connectivity index (χ2n) is 2.33. The van der Waals surface area contributed by atoms with Crippen LogP contribution in [0.5, 0.6) is 0 Å². The predicted octanol–water partition coefficient (Wildman–Crippen LogP) is 1.53. The van der Waals surface area contributed by atoms with E-state index >= 15 is 0 Å². The SMILES string of the molecule is C=COC(=O)CCC(=O)OC(=C)C. The smallest absolute Gasteiger partial charge is 0.311 e. The van der Waals surface area contributed by atoms with Gasteiger partial charge in [0, 0.05) is 0 Å². The third-order valence-corrected chi connectivity index (χ3v) is 1.04. The summed E-state index contributed by atoms with van der Waals surface area (Å²) in [6.07, 6.45) is 0.990. The molecular weight excluding hydrogens is 172 g/mol. The predicted molar refractivity (Wildman–Crippen MR) is 46.4 cm³/mol. The fourth-order valence-corrected chi connectivity index (χ4v) is 0.601. The summed E-state index contributed by atoms with van der Waals surface area (Å²) in [4.78, 5) is 21.6. The molecule has 0 spiro atoms. The summed E-state index contributed by atoms with van der Waals surface area (Å²) in [7, 11) is 0. The standard InChI is InChI=1S/C9H12O4/c1-4-12-8(10)5-6-9(11)13-7(2)3/h4H,1-2,5-6H2,3H3. The highest BCUT2D eigenvalue weighted by Gasteiger charge is 2.07. The molecule has 0 unspecified atom stereocenters. The van der Waals surface area contributed by atoms with Gasteiger partial charge >= 0.3 is 11.9 Å². The van der Waals surface area contributed by atoms with E-state index in [9.17, 15) is 9.59 Å². The molecule has 13 heavy (non-hydrogen) atoms. The molecule has 0 aromatic heterocycles. The zero-order chi connectivity index (χ0) is 10.3. The molecule has 0 saturated heterocycles. The van der Waals surface area contributed by atoms with Crippen LogP contribution in [-0.2, 0) is 19.1 Å². The number of rotatable bonds is 5. The van der Waals surface area contributed by atoms with Crippen molar-refractivity contribution in [1.29, 1.82) is 0 Å². The molecule has 0 atom stereocenters. The molecule has 0 aromatic carbocycles. The number of ether oxygens (including phenoxy) is 2. The topological polar surface area (TPSA) is 52.6 Å². The second-order valence-corrected chi connectivity index (χ2v) is 2.33. The van der Waals surface area contributed by atoms with Gasteiger partial charge in [0.15, 0.2) is 0 Å². The van der Waals surface area contributed by atoms with Gasteiger partial charge < -0.3 is 9.47 Å². The Balaban J connectivity index is 3.63. The van der Waals surface area contributed by atoms with E-state index in [-0.39, 0.29) is 12.8 Å². The maximum Gasteiger partial charge on any atom is 0.311 e. The third-order valence-electron chi connectivity index (χ3n) is 1.04. The van der Waals surface area contributed by atoms with Gasteiger partial charge in [0.05, 0.1) is 24.9 Å². The minimum Gasteiger partial charge on any atom is -0.435 e. The average molecular weight is 184 g/mol. The van der Waals surface area contributed by atoms with Crippen molar-refractivity contribution in [2.24, 2.45) is 0 Å². The van der Waals surface area contributed by atoms with Crippen molar-refractivity contribution in [3.05, 3.63) is 25.2 Å². The van der Waals surface area contributed by atoms with Gasteiger partial charge in [-0.05, 0) is 6.92 Å². The summed E-state index contributed by atoms with van der Waals surface area (Å²) in [5.74, 6) is -0.690. The zero-order valence-electron chi connectivity index (χ0n) is 7.54. The van der Waals surface area contributed by atoms with Gasteiger partial charge in [-0.3, -0.25) is 9.59 Å². The minimum absolute atomic E-state index is 0.0144. The number of carbonyl (C=O) groups excluding carboxylic acids is 2. The Labute approximate surface area is 76.8 Å². The molecule has 0 aliphatic rings. The molecule has 0 bridgehead atoms. The molecule has 0 heterocycles. The van der Waals surface area contributed by atoms with Crippen LogP contribution in [0.25, 0.3) is 0 Å². The lowest BCUT2D eigenvalue weighted by atomic mass is 10.3. The van der Waals surface area contributed by atoms with Gasteiger partial charge in [0.2, 0.25) is 0 Å². The van der Waals surface area contributed by atoms with Crippen LogP contribution in [0.3, 0.4) is 0 Å². The summed E-state index contributed by atoms with van der Waals surface area (Å²) in [6, 6.07) is 0. The van der Waals surface area contributed by atoms with E-state index in [1.165, 1.54) is 0 Å². The number of esters is 2. The van der Waals surface area contributed by atoms with E-state index in [0.29, 0.717) is 5.76 Å². The summed E-state index contributed by atoms with van der Waals surface area (Å²) >= 11 is 0. The molecule has 72 valence electrons. The first-order chi connectivity index (χ1) is 6.06. The van der Waals surface area contributed by atoms with Crippen molar-refractivity contribution < 1.29 is 19.1 Å². The molecule has 0 rings (SSSR count). The highest BCUT2D eigenvalue weighted by molar-refractivity contribution is 5.78. The summed E-state index contributed by atoms with van der Waals surface area (Å²) < 4.78 is 9.00. The quantitative estimate of drug-likeness (QED) is 0.480. The maximum absolute atomic E-state index is 10.8. The van der Waals surface area contributed by atoms with Crippen LogP contribution >= 0.6 is 0 Å². The van der Waals surface area contributed by atoms with E-state index in [2.05, 4.69) is 22.6 Å². The van der Waals surface area contributed by atoms with Gasteiger partial charge in [-0.1, -0.05) is 13.2 Å². The minimum atomic E-state index is -0.506. The van der Waals surface area contributed by atoms with Gasteiger partial charge in [-0.15, -0.1) is 0 Å². The summed E-state index contributed by atoms with van der Waals surface area (Å²) in [5, 5.41) is 0. The monoisotopic (exact) mass is 184 g/mol. The van der Waals surface area contributed by atoms with E-state index < -0.39 is 11.9 Å².